The summed E-state index contributed by atoms with van der Waals surface area (Å²) in [5.74, 6) is -2.61. The second-order valence-corrected chi connectivity index (χ2v) is 8.00. The zero-order valence-corrected chi connectivity index (χ0v) is 15.1. The normalized spacial score (nSPS) is 11.6. The maximum atomic E-state index is 13.5. The van der Waals surface area contributed by atoms with E-state index in [2.05, 4.69) is 15.5 Å². The molecule has 0 radical (unpaired) electrons. The van der Waals surface area contributed by atoms with Gasteiger partial charge in [-0.3, -0.25) is 4.79 Å². The molecule has 0 spiro atoms. The van der Waals surface area contributed by atoms with E-state index in [1.165, 1.54) is 12.1 Å². The molecular weight excluding hydrogens is 378 g/mol. The molecule has 0 aliphatic carbocycles. The molecule has 140 valence electrons. The number of hydrogen-bond donors (Lipinski definition) is 2. The fraction of sp³-hybridized carbons (Fsp3) is 0.118. The van der Waals surface area contributed by atoms with Gasteiger partial charge in [-0.15, -0.1) is 10.2 Å². The highest BCUT2D eigenvalue weighted by molar-refractivity contribution is 7.90. The molecule has 1 heterocycles. The number of nitrogens with two attached hydrogens (primary N) is 1. The summed E-state index contributed by atoms with van der Waals surface area (Å²) < 4.78 is 50.9. The van der Waals surface area contributed by atoms with Crippen molar-refractivity contribution in [1.82, 2.24) is 10.2 Å². The Kier molecular flexibility index (Phi) is 4.52. The Bertz CT molecular complexity index is 1180. The number of benzene rings is 2. The lowest BCUT2D eigenvalue weighted by atomic mass is 10.1. The Labute approximate surface area is 153 Å². The minimum absolute atomic E-state index is 0.00565. The molecule has 10 heteroatoms. The Morgan fingerprint density at radius 2 is 1.70 bits per heavy atom. The van der Waals surface area contributed by atoms with E-state index in [1.54, 1.807) is 6.92 Å². The molecule has 3 aromatic rings. The summed E-state index contributed by atoms with van der Waals surface area (Å²) in [4.78, 5) is 11.8. The van der Waals surface area contributed by atoms with Gasteiger partial charge in [0, 0.05) is 23.4 Å². The van der Waals surface area contributed by atoms with Crippen molar-refractivity contribution in [3.8, 4) is 0 Å². The first-order valence-electron chi connectivity index (χ1n) is 7.60. The number of carbonyl (C=O) groups excluding carboxylic acids is 1. The average molecular weight is 392 g/mol. The lowest BCUT2D eigenvalue weighted by molar-refractivity contribution is 0.0995. The quantitative estimate of drug-likeness (QED) is 0.705. The van der Waals surface area contributed by atoms with Crippen molar-refractivity contribution in [2.24, 2.45) is 5.73 Å². The minimum Gasteiger partial charge on any atom is -0.364 e. The van der Waals surface area contributed by atoms with Crippen LogP contribution in [0.25, 0.3) is 10.9 Å². The zero-order chi connectivity index (χ0) is 19.9. The fourth-order valence-electron chi connectivity index (χ4n) is 2.63. The van der Waals surface area contributed by atoms with Gasteiger partial charge in [0.25, 0.3) is 5.91 Å². The maximum absolute atomic E-state index is 13.5. The second-order valence-electron chi connectivity index (χ2n) is 5.98. The molecule has 1 aromatic heterocycles. The van der Waals surface area contributed by atoms with Gasteiger partial charge in [0.1, 0.15) is 11.6 Å². The lowest BCUT2D eigenvalue weighted by Gasteiger charge is -2.14. The highest BCUT2D eigenvalue weighted by Crippen LogP contribution is 2.32. The number of fused-ring (bicyclic) bond motifs is 1. The van der Waals surface area contributed by atoms with Crippen molar-refractivity contribution >= 4 is 38.0 Å². The van der Waals surface area contributed by atoms with Crippen LogP contribution < -0.4 is 11.1 Å². The SMILES string of the molecule is Cc1cc(S(C)(=O)=O)cc2c(Nc3cc(F)cc(F)c3)c(C(N)=O)nnc12. The lowest BCUT2D eigenvalue weighted by Crippen LogP contribution is -2.17. The number of anilines is 2. The highest BCUT2D eigenvalue weighted by atomic mass is 32.2. The number of carbonyl (C=O) groups is 1. The van der Waals surface area contributed by atoms with Crippen LogP contribution in [0.5, 0.6) is 0 Å². The van der Waals surface area contributed by atoms with Crippen LogP contribution in [0.1, 0.15) is 16.1 Å². The number of sulfone groups is 1. The second kappa shape index (κ2) is 6.54. The molecule has 0 aliphatic heterocycles. The topological polar surface area (TPSA) is 115 Å². The molecule has 0 atom stereocenters. The smallest absolute Gasteiger partial charge is 0.271 e. The van der Waals surface area contributed by atoms with Gasteiger partial charge in [0.2, 0.25) is 0 Å². The van der Waals surface area contributed by atoms with E-state index < -0.39 is 27.4 Å². The predicted molar refractivity (Wildman–Crippen MR) is 95.5 cm³/mol. The molecule has 0 aliphatic rings. The van der Waals surface area contributed by atoms with E-state index in [-0.39, 0.29) is 27.4 Å². The van der Waals surface area contributed by atoms with Gasteiger partial charge in [-0.2, -0.15) is 0 Å². The molecule has 0 saturated carbocycles. The summed E-state index contributed by atoms with van der Waals surface area (Å²) in [5, 5.41) is 10.6. The highest BCUT2D eigenvalue weighted by Gasteiger charge is 2.20. The van der Waals surface area contributed by atoms with Gasteiger partial charge in [-0.05, 0) is 36.8 Å². The summed E-state index contributed by atoms with van der Waals surface area (Å²) >= 11 is 0. The van der Waals surface area contributed by atoms with Crippen LogP contribution in [0.3, 0.4) is 0 Å². The van der Waals surface area contributed by atoms with E-state index in [0.717, 1.165) is 18.4 Å². The Morgan fingerprint density at radius 3 is 2.26 bits per heavy atom. The summed E-state index contributed by atoms with van der Waals surface area (Å²) in [6.07, 6.45) is 1.03. The van der Waals surface area contributed by atoms with Crippen LogP contribution in [0.15, 0.2) is 35.2 Å². The van der Waals surface area contributed by atoms with Gasteiger partial charge in [0.15, 0.2) is 15.5 Å². The molecular formula is C17H14F2N4O3S. The van der Waals surface area contributed by atoms with Crippen LogP contribution in [0.2, 0.25) is 0 Å². The first-order chi connectivity index (χ1) is 12.6. The van der Waals surface area contributed by atoms with E-state index in [4.69, 9.17) is 5.73 Å². The minimum atomic E-state index is -3.57. The number of amides is 1. The van der Waals surface area contributed by atoms with Crippen LogP contribution in [-0.4, -0.2) is 30.8 Å². The molecule has 0 fully saturated rings. The summed E-state index contributed by atoms with van der Waals surface area (Å²) in [7, 11) is -3.57. The molecule has 0 unspecified atom stereocenters. The third kappa shape index (κ3) is 3.70. The van der Waals surface area contributed by atoms with Gasteiger partial charge in [0.05, 0.1) is 16.1 Å². The van der Waals surface area contributed by atoms with Crippen molar-refractivity contribution in [3.05, 3.63) is 53.2 Å². The van der Waals surface area contributed by atoms with Crippen molar-refractivity contribution in [1.29, 1.82) is 0 Å². The van der Waals surface area contributed by atoms with E-state index in [0.29, 0.717) is 17.1 Å². The number of primary amides is 1. The monoisotopic (exact) mass is 392 g/mol. The number of nitrogens with zero attached hydrogens (tertiary/aromatic N) is 2. The van der Waals surface area contributed by atoms with E-state index >= 15 is 0 Å². The number of aryl methyl sites for hydroxylation is 1. The molecule has 7 nitrogen and oxygen atoms in total. The summed E-state index contributed by atoms with van der Waals surface area (Å²) in [6.45, 7) is 1.63. The van der Waals surface area contributed by atoms with E-state index in [9.17, 15) is 22.0 Å². The molecule has 2 aromatic carbocycles. The van der Waals surface area contributed by atoms with Crippen LogP contribution >= 0.6 is 0 Å². The first kappa shape index (κ1) is 18.6. The Morgan fingerprint density at radius 1 is 1.07 bits per heavy atom. The van der Waals surface area contributed by atoms with Gasteiger partial charge in [-0.1, -0.05) is 0 Å². The van der Waals surface area contributed by atoms with Crippen molar-refractivity contribution in [2.45, 2.75) is 11.8 Å². The summed E-state index contributed by atoms with van der Waals surface area (Å²) in [5.41, 5.74) is 5.84. The van der Waals surface area contributed by atoms with E-state index in [1.807, 2.05) is 0 Å². The molecule has 3 N–H and O–H groups in total. The fourth-order valence-corrected chi connectivity index (χ4v) is 3.35. The molecule has 3 rings (SSSR count). The third-order valence-corrected chi connectivity index (χ3v) is 4.92. The molecule has 1 amide bonds. The van der Waals surface area contributed by atoms with Crippen molar-refractivity contribution in [2.75, 3.05) is 11.6 Å². The van der Waals surface area contributed by atoms with Crippen molar-refractivity contribution in [3.63, 3.8) is 0 Å². The number of rotatable bonds is 4. The average Bonchev–Trinajstić information content (AvgIpc) is 2.53. The number of hydrogen-bond acceptors (Lipinski definition) is 6. The number of nitrogens with one attached hydrogen (secondary N) is 1. The molecule has 27 heavy (non-hydrogen) atoms. The predicted octanol–water partition coefficient (Wildman–Crippen LogP) is 2.46. The van der Waals surface area contributed by atoms with Crippen LogP contribution in [0.4, 0.5) is 20.2 Å². The standard InChI is InChI=1S/C17H14F2N4O3S/c1-8-3-12(27(2,25)26)7-13-14(8)22-23-16(17(20)24)15(13)21-11-5-9(18)4-10(19)6-11/h3-7H,1-2H3,(H2,20,24)(H,21,22). The Balaban J connectivity index is 2.34. The zero-order valence-electron chi connectivity index (χ0n) is 14.2. The van der Waals surface area contributed by atoms with Gasteiger partial charge in [-0.25, -0.2) is 17.2 Å². The number of halogens is 2. The van der Waals surface area contributed by atoms with Crippen LogP contribution in [-0.2, 0) is 9.84 Å². The number of aromatic nitrogens is 2. The summed E-state index contributed by atoms with van der Waals surface area (Å²) in [6, 6.07) is 5.43. The molecule has 0 bridgehead atoms. The van der Waals surface area contributed by atoms with Gasteiger partial charge < -0.3 is 11.1 Å². The largest absolute Gasteiger partial charge is 0.364 e. The Hall–Kier alpha value is -3.14. The van der Waals surface area contributed by atoms with Crippen LogP contribution in [0, 0.1) is 18.6 Å². The first-order valence-corrected chi connectivity index (χ1v) is 9.49. The van der Waals surface area contributed by atoms with Gasteiger partial charge >= 0.3 is 0 Å². The molecule has 0 saturated heterocycles. The maximum Gasteiger partial charge on any atom is 0.271 e. The third-order valence-electron chi connectivity index (χ3n) is 3.82. The van der Waals surface area contributed by atoms with Crippen molar-refractivity contribution < 1.29 is 22.0 Å².